The molecule has 29 heavy (non-hydrogen) atoms. The lowest BCUT2D eigenvalue weighted by Gasteiger charge is -2.12. The van der Waals surface area contributed by atoms with Gasteiger partial charge in [-0.25, -0.2) is 4.79 Å². The van der Waals surface area contributed by atoms with Crippen LogP contribution in [0, 0.1) is 0 Å². The van der Waals surface area contributed by atoms with Gasteiger partial charge in [-0.05, 0) is 36.4 Å². The molecule has 1 fully saturated rings. The number of carbonyl (C=O) groups excluding carboxylic acids is 4. The Hall–Kier alpha value is -3.13. The van der Waals surface area contributed by atoms with Gasteiger partial charge < -0.3 is 9.47 Å². The van der Waals surface area contributed by atoms with Crippen molar-refractivity contribution < 1.29 is 28.7 Å². The molecule has 7 nitrogen and oxygen atoms in total. The average Bonchev–Trinajstić information content (AvgIpc) is 2.98. The van der Waals surface area contributed by atoms with Crippen LogP contribution in [-0.2, 0) is 14.3 Å². The van der Waals surface area contributed by atoms with E-state index in [2.05, 4.69) is 0 Å². The fourth-order valence-electron chi connectivity index (χ4n) is 2.77. The van der Waals surface area contributed by atoms with Crippen LogP contribution in [0.1, 0.15) is 27.1 Å². The highest BCUT2D eigenvalue weighted by Gasteiger charge is 2.37. The largest absolute Gasteiger partial charge is 0.497 e. The first-order valence-electron chi connectivity index (χ1n) is 8.81. The van der Waals surface area contributed by atoms with E-state index < -0.39 is 17.8 Å². The van der Waals surface area contributed by atoms with Gasteiger partial charge in [0.1, 0.15) is 5.75 Å². The van der Waals surface area contributed by atoms with Crippen LogP contribution >= 0.6 is 11.8 Å². The van der Waals surface area contributed by atoms with Crippen molar-refractivity contribution in [3.63, 3.8) is 0 Å². The summed E-state index contributed by atoms with van der Waals surface area (Å²) >= 11 is 1.14. The van der Waals surface area contributed by atoms with E-state index in [1.165, 1.54) is 14.2 Å². The average molecular weight is 413 g/mol. The van der Waals surface area contributed by atoms with Crippen LogP contribution in [0.25, 0.3) is 0 Å². The summed E-state index contributed by atoms with van der Waals surface area (Å²) in [4.78, 5) is 50.2. The van der Waals surface area contributed by atoms with E-state index in [1.54, 1.807) is 48.5 Å². The predicted molar refractivity (Wildman–Crippen MR) is 106 cm³/mol. The Morgan fingerprint density at radius 3 is 2.41 bits per heavy atom. The quantitative estimate of drug-likeness (QED) is 0.391. The molecule has 2 aromatic rings. The summed E-state index contributed by atoms with van der Waals surface area (Å²) in [5.41, 5.74) is 0.647. The van der Waals surface area contributed by atoms with Crippen LogP contribution in [0.5, 0.6) is 5.75 Å². The number of esters is 1. The maximum atomic E-state index is 12.5. The molecule has 1 heterocycles. The van der Waals surface area contributed by atoms with Crippen LogP contribution in [0.2, 0.25) is 0 Å². The molecular weight excluding hydrogens is 394 g/mol. The van der Waals surface area contributed by atoms with Crippen LogP contribution < -0.4 is 4.74 Å². The molecule has 2 aromatic carbocycles. The monoisotopic (exact) mass is 413 g/mol. The number of likely N-dealkylation sites (tertiary alicyclic amines) is 1. The Morgan fingerprint density at radius 2 is 1.79 bits per heavy atom. The molecule has 150 valence electrons. The number of carbonyl (C=O) groups is 4. The molecule has 1 unspecified atom stereocenters. The van der Waals surface area contributed by atoms with Gasteiger partial charge in [0, 0.05) is 23.9 Å². The SMILES string of the molecule is COc1ccc(C(=O)COC(=O)c2ccccc2SC2CC(=O)N(C)C2=O)cc1. The van der Waals surface area contributed by atoms with Crippen molar-refractivity contribution in [2.45, 2.75) is 16.6 Å². The summed E-state index contributed by atoms with van der Waals surface area (Å²) < 4.78 is 10.2. The first kappa shape index (κ1) is 20.6. The van der Waals surface area contributed by atoms with Gasteiger partial charge in [-0.2, -0.15) is 0 Å². The maximum absolute atomic E-state index is 12.5. The Balaban J connectivity index is 1.66. The molecule has 3 rings (SSSR count). The molecule has 0 N–H and O–H groups in total. The number of hydrogen-bond acceptors (Lipinski definition) is 7. The predicted octanol–water partition coefficient (Wildman–Crippen LogP) is 2.58. The minimum atomic E-state index is -0.667. The van der Waals surface area contributed by atoms with Gasteiger partial charge in [0.25, 0.3) is 0 Å². The van der Waals surface area contributed by atoms with Crippen molar-refractivity contribution in [1.82, 2.24) is 4.90 Å². The number of ether oxygens (including phenoxy) is 2. The number of imide groups is 1. The number of Topliss-reactive ketones (excluding diaryl/α,β-unsaturated/α-hetero) is 1. The number of rotatable bonds is 7. The van der Waals surface area contributed by atoms with Crippen LogP contribution in [0.3, 0.4) is 0 Å². The van der Waals surface area contributed by atoms with E-state index in [9.17, 15) is 19.2 Å². The number of benzene rings is 2. The fraction of sp³-hybridized carbons (Fsp3) is 0.238. The summed E-state index contributed by atoms with van der Waals surface area (Å²) in [7, 11) is 2.97. The summed E-state index contributed by atoms with van der Waals surface area (Å²) in [5, 5.41) is -0.581. The van der Waals surface area contributed by atoms with E-state index in [4.69, 9.17) is 9.47 Å². The number of hydrogen-bond donors (Lipinski definition) is 0. The molecule has 8 heteroatoms. The van der Waals surface area contributed by atoms with E-state index in [1.807, 2.05) is 0 Å². The van der Waals surface area contributed by atoms with Gasteiger partial charge in [-0.15, -0.1) is 11.8 Å². The first-order valence-corrected chi connectivity index (χ1v) is 9.69. The number of thioether (sulfide) groups is 1. The van der Waals surface area contributed by atoms with Crippen LogP contribution in [0.4, 0.5) is 0 Å². The molecule has 2 amide bonds. The summed E-state index contributed by atoms with van der Waals surface area (Å²) in [6, 6.07) is 13.1. The second-order valence-corrected chi connectivity index (χ2v) is 7.57. The summed E-state index contributed by atoms with van der Waals surface area (Å²) in [6.45, 7) is -0.409. The Morgan fingerprint density at radius 1 is 1.10 bits per heavy atom. The third kappa shape index (κ3) is 4.65. The number of amides is 2. The Bertz CT molecular complexity index is 956. The third-order valence-electron chi connectivity index (χ3n) is 4.46. The smallest absolute Gasteiger partial charge is 0.339 e. The van der Waals surface area contributed by atoms with Gasteiger partial charge in [0.2, 0.25) is 11.8 Å². The minimum absolute atomic E-state index is 0.0827. The fourth-order valence-corrected chi connectivity index (χ4v) is 4.00. The zero-order valence-corrected chi connectivity index (χ0v) is 16.7. The second kappa shape index (κ2) is 8.91. The van der Waals surface area contributed by atoms with E-state index in [0.29, 0.717) is 16.2 Å². The molecule has 1 saturated heterocycles. The Labute approximate surface area is 172 Å². The third-order valence-corrected chi connectivity index (χ3v) is 5.73. The lowest BCUT2D eigenvalue weighted by Crippen LogP contribution is -2.26. The van der Waals surface area contributed by atoms with Gasteiger partial charge in [0.15, 0.2) is 12.4 Å². The second-order valence-electron chi connectivity index (χ2n) is 6.33. The van der Waals surface area contributed by atoms with Crippen molar-refractivity contribution in [2.75, 3.05) is 20.8 Å². The maximum Gasteiger partial charge on any atom is 0.339 e. The van der Waals surface area contributed by atoms with E-state index in [0.717, 1.165) is 16.7 Å². The normalized spacial score (nSPS) is 16.1. The molecule has 1 aliphatic heterocycles. The Kier molecular flexibility index (Phi) is 6.33. The highest BCUT2D eigenvalue weighted by molar-refractivity contribution is 8.00. The topological polar surface area (TPSA) is 90.0 Å². The van der Waals surface area contributed by atoms with E-state index in [-0.39, 0.29) is 29.6 Å². The molecule has 1 atom stereocenters. The molecule has 0 bridgehead atoms. The minimum Gasteiger partial charge on any atom is -0.497 e. The molecule has 0 radical (unpaired) electrons. The van der Waals surface area contributed by atoms with E-state index >= 15 is 0 Å². The molecule has 0 aromatic heterocycles. The highest BCUT2D eigenvalue weighted by atomic mass is 32.2. The van der Waals surface area contributed by atoms with Crippen LogP contribution in [-0.4, -0.2) is 54.5 Å². The molecule has 0 aliphatic carbocycles. The van der Waals surface area contributed by atoms with Crippen molar-refractivity contribution in [3.05, 3.63) is 59.7 Å². The molecule has 0 spiro atoms. The van der Waals surface area contributed by atoms with Gasteiger partial charge in [0.05, 0.1) is 17.9 Å². The lowest BCUT2D eigenvalue weighted by atomic mass is 10.1. The van der Waals surface area contributed by atoms with Crippen molar-refractivity contribution in [3.8, 4) is 5.75 Å². The lowest BCUT2D eigenvalue weighted by molar-refractivity contribution is -0.136. The molecule has 1 aliphatic rings. The van der Waals surface area contributed by atoms with Crippen LogP contribution in [0.15, 0.2) is 53.4 Å². The standard InChI is InChI=1S/C21H19NO6S/c1-22-19(24)11-18(20(22)25)29-17-6-4-3-5-15(17)21(26)28-12-16(23)13-7-9-14(27-2)10-8-13/h3-10,18H,11-12H2,1-2H3. The highest BCUT2D eigenvalue weighted by Crippen LogP contribution is 2.33. The molecule has 0 saturated carbocycles. The zero-order chi connectivity index (χ0) is 21.0. The van der Waals surface area contributed by atoms with Crippen molar-refractivity contribution in [1.29, 1.82) is 0 Å². The summed E-state index contributed by atoms with van der Waals surface area (Å²) in [5.74, 6) is -0.935. The van der Waals surface area contributed by atoms with Crippen molar-refractivity contribution >= 4 is 35.3 Å². The molecular formula is C21H19NO6S. The zero-order valence-electron chi connectivity index (χ0n) is 15.9. The van der Waals surface area contributed by atoms with Gasteiger partial charge in [-0.3, -0.25) is 19.3 Å². The number of ketones is 1. The van der Waals surface area contributed by atoms with Gasteiger partial charge >= 0.3 is 5.97 Å². The van der Waals surface area contributed by atoms with Gasteiger partial charge in [-0.1, -0.05) is 12.1 Å². The number of methoxy groups -OCH3 is 1. The van der Waals surface area contributed by atoms with Crippen molar-refractivity contribution in [2.24, 2.45) is 0 Å². The summed E-state index contributed by atoms with van der Waals surface area (Å²) in [6.07, 6.45) is 0.0827. The first-order chi connectivity index (χ1) is 13.9. The number of nitrogens with zero attached hydrogens (tertiary/aromatic N) is 1.